The van der Waals surface area contributed by atoms with Crippen LogP contribution in [0.2, 0.25) is 5.02 Å². The lowest BCUT2D eigenvalue weighted by molar-refractivity contribution is 0.0966. The second kappa shape index (κ2) is 4.85. The Bertz CT molecular complexity index is 428. The molecule has 1 atom stereocenters. The summed E-state index contributed by atoms with van der Waals surface area (Å²) in [7, 11) is 1.55. The van der Waals surface area contributed by atoms with Crippen molar-refractivity contribution in [1.82, 2.24) is 0 Å². The van der Waals surface area contributed by atoms with E-state index in [0.29, 0.717) is 16.3 Å². The van der Waals surface area contributed by atoms with Crippen LogP contribution in [0.15, 0.2) is 6.07 Å². The van der Waals surface area contributed by atoms with Gasteiger partial charge in [-0.3, -0.25) is 4.79 Å². The lowest BCUT2D eigenvalue weighted by atomic mass is 9.95. The molecule has 3 nitrogen and oxygen atoms in total. The van der Waals surface area contributed by atoms with Gasteiger partial charge in [0.2, 0.25) is 0 Å². The van der Waals surface area contributed by atoms with Crippen LogP contribution in [0.5, 0.6) is 5.75 Å². The van der Waals surface area contributed by atoms with E-state index in [0.717, 1.165) is 11.1 Å². The van der Waals surface area contributed by atoms with Crippen LogP contribution in [0.4, 0.5) is 0 Å². The van der Waals surface area contributed by atoms with Crippen molar-refractivity contribution in [2.75, 3.05) is 7.11 Å². The number of ether oxygens (including phenoxy) is 1. The van der Waals surface area contributed by atoms with E-state index in [9.17, 15) is 4.79 Å². The van der Waals surface area contributed by atoms with Crippen molar-refractivity contribution in [2.24, 2.45) is 5.73 Å². The number of aryl methyl sites for hydroxylation is 1. The van der Waals surface area contributed by atoms with Crippen molar-refractivity contribution in [1.29, 1.82) is 0 Å². The summed E-state index contributed by atoms with van der Waals surface area (Å²) in [5.41, 5.74) is 7.76. The molecular formula is C12H16ClNO2. The number of Topliss-reactive ketones (excluding diaryl/α,β-unsaturated/α-hetero) is 1. The Morgan fingerprint density at radius 3 is 2.50 bits per heavy atom. The van der Waals surface area contributed by atoms with Crippen molar-refractivity contribution in [3.05, 3.63) is 27.8 Å². The van der Waals surface area contributed by atoms with Gasteiger partial charge in [-0.1, -0.05) is 11.6 Å². The van der Waals surface area contributed by atoms with Gasteiger partial charge in [-0.25, -0.2) is 0 Å². The van der Waals surface area contributed by atoms with Gasteiger partial charge in [0, 0.05) is 5.56 Å². The maximum absolute atomic E-state index is 11.9. The molecule has 0 amide bonds. The molecule has 0 saturated heterocycles. The molecule has 1 unspecified atom stereocenters. The number of rotatable bonds is 3. The lowest BCUT2D eigenvalue weighted by Crippen LogP contribution is -2.28. The molecule has 1 aromatic rings. The van der Waals surface area contributed by atoms with E-state index >= 15 is 0 Å². The Labute approximate surface area is 101 Å². The van der Waals surface area contributed by atoms with E-state index in [1.807, 2.05) is 6.92 Å². The smallest absolute Gasteiger partial charge is 0.179 e. The average Bonchev–Trinajstić information content (AvgIpc) is 2.23. The van der Waals surface area contributed by atoms with Crippen molar-refractivity contribution in [3.8, 4) is 5.75 Å². The molecule has 16 heavy (non-hydrogen) atoms. The summed E-state index contributed by atoms with van der Waals surface area (Å²) in [5.74, 6) is 0.484. The maximum Gasteiger partial charge on any atom is 0.179 e. The highest BCUT2D eigenvalue weighted by Gasteiger charge is 2.20. The number of nitrogens with two attached hydrogens (primary N) is 1. The van der Waals surface area contributed by atoms with Crippen LogP contribution in [-0.2, 0) is 0 Å². The lowest BCUT2D eigenvalue weighted by Gasteiger charge is -2.15. The minimum atomic E-state index is -0.526. The Balaban J connectivity index is 3.42. The first kappa shape index (κ1) is 13.0. The SMILES string of the molecule is COc1cc(C)c(C(=O)C(C)N)c(C)c1Cl. The third-order valence-corrected chi connectivity index (χ3v) is 3.01. The van der Waals surface area contributed by atoms with E-state index in [2.05, 4.69) is 0 Å². The van der Waals surface area contributed by atoms with Gasteiger partial charge in [-0.05, 0) is 38.0 Å². The molecule has 0 saturated carbocycles. The largest absolute Gasteiger partial charge is 0.495 e. The molecule has 1 aromatic carbocycles. The number of hydrogen-bond acceptors (Lipinski definition) is 3. The summed E-state index contributed by atoms with van der Waals surface area (Å²) < 4.78 is 5.13. The summed E-state index contributed by atoms with van der Waals surface area (Å²) in [6, 6.07) is 1.23. The van der Waals surface area contributed by atoms with E-state index < -0.39 is 6.04 Å². The fourth-order valence-electron chi connectivity index (χ4n) is 1.68. The minimum Gasteiger partial charge on any atom is -0.495 e. The average molecular weight is 242 g/mol. The molecule has 0 aliphatic heterocycles. The first-order valence-electron chi connectivity index (χ1n) is 5.03. The summed E-state index contributed by atoms with van der Waals surface area (Å²) in [5, 5.41) is 0.470. The van der Waals surface area contributed by atoms with Crippen LogP contribution in [0.1, 0.15) is 28.4 Å². The van der Waals surface area contributed by atoms with E-state index in [1.54, 1.807) is 27.0 Å². The van der Waals surface area contributed by atoms with Crippen molar-refractivity contribution in [2.45, 2.75) is 26.8 Å². The normalized spacial score (nSPS) is 12.4. The summed E-state index contributed by atoms with van der Waals surface area (Å²) >= 11 is 6.10. The maximum atomic E-state index is 11.9. The highest BCUT2D eigenvalue weighted by atomic mass is 35.5. The van der Waals surface area contributed by atoms with Crippen LogP contribution in [-0.4, -0.2) is 18.9 Å². The molecule has 88 valence electrons. The molecule has 2 N–H and O–H groups in total. The molecule has 1 rings (SSSR count). The highest BCUT2D eigenvalue weighted by Crippen LogP contribution is 2.32. The third kappa shape index (κ3) is 2.20. The number of halogens is 1. The first-order valence-corrected chi connectivity index (χ1v) is 5.41. The van der Waals surface area contributed by atoms with Crippen LogP contribution in [0.25, 0.3) is 0 Å². The fourth-order valence-corrected chi connectivity index (χ4v) is 1.90. The van der Waals surface area contributed by atoms with Crippen molar-refractivity contribution in [3.63, 3.8) is 0 Å². The second-order valence-corrected chi connectivity index (χ2v) is 4.24. The Morgan fingerprint density at radius 1 is 1.50 bits per heavy atom. The molecule has 0 aromatic heterocycles. The topological polar surface area (TPSA) is 52.3 Å². The molecule has 0 spiro atoms. The molecule has 0 fully saturated rings. The van der Waals surface area contributed by atoms with Gasteiger partial charge >= 0.3 is 0 Å². The first-order chi connectivity index (χ1) is 7.40. The Kier molecular flexibility index (Phi) is 3.94. The zero-order valence-electron chi connectivity index (χ0n) is 9.93. The minimum absolute atomic E-state index is 0.0976. The number of hydrogen-bond donors (Lipinski definition) is 1. The molecular weight excluding hydrogens is 226 g/mol. The summed E-state index contributed by atoms with van der Waals surface area (Å²) in [6.07, 6.45) is 0. The molecule has 0 aliphatic rings. The van der Waals surface area contributed by atoms with Crippen molar-refractivity contribution < 1.29 is 9.53 Å². The van der Waals surface area contributed by atoms with Crippen molar-refractivity contribution >= 4 is 17.4 Å². The van der Waals surface area contributed by atoms with E-state index in [1.165, 1.54) is 0 Å². The van der Waals surface area contributed by atoms with Gasteiger partial charge in [-0.15, -0.1) is 0 Å². The van der Waals surface area contributed by atoms with Crippen LogP contribution in [0.3, 0.4) is 0 Å². The van der Waals surface area contributed by atoms with Gasteiger partial charge in [0.1, 0.15) is 5.75 Å². The van der Waals surface area contributed by atoms with Gasteiger partial charge in [0.05, 0.1) is 18.2 Å². The number of ketones is 1. The van der Waals surface area contributed by atoms with Crippen LogP contribution in [0, 0.1) is 13.8 Å². The second-order valence-electron chi connectivity index (χ2n) is 3.86. The van der Waals surface area contributed by atoms with Crippen LogP contribution >= 0.6 is 11.6 Å². The molecule has 0 heterocycles. The number of carbonyl (C=O) groups excluding carboxylic acids is 1. The Hall–Kier alpha value is -1.06. The standard InChI is InChI=1S/C12H16ClNO2/c1-6-5-9(16-4)11(13)7(2)10(6)12(15)8(3)14/h5,8H,14H2,1-4H3. The van der Waals surface area contributed by atoms with Gasteiger partial charge in [0.25, 0.3) is 0 Å². The third-order valence-electron chi connectivity index (χ3n) is 2.54. The van der Waals surface area contributed by atoms with Crippen LogP contribution < -0.4 is 10.5 Å². The fraction of sp³-hybridized carbons (Fsp3) is 0.417. The molecule has 0 radical (unpaired) electrons. The number of carbonyl (C=O) groups is 1. The van der Waals surface area contributed by atoms with Gasteiger partial charge in [-0.2, -0.15) is 0 Å². The summed E-state index contributed by atoms with van der Waals surface area (Å²) in [6.45, 7) is 5.31. The molecule has 0 bridgehead atoms. The predicted octanol–water partition coefficient (Wildman–Crippen LogP) is 2.50. The van der Waals surface area contributed by atoms with Gasteiger partial charge < -0.3 is 10.5 Å². The number of methoxy groups -OCH3 is 1. The quantitative estimate of drug-likeness (QED) is 0.828. The number of benzene rings is 1. The zero-order valence-corrected chi connectivity index (χ0v) is 10.7. The molecule has 0 aliphatic carbocycles. The monoisotopic (exact) mass is 241 g/mol. The van der Waals surface area contributed by atoms with E-state index in [4.69, 9.17) is 22.1 Å². The van der Waals surface area contributed by atoms with Gasteiger partial charge in [0.15, 0.2) is 5.78 Å². The molecule has 4 heteroatoms. The Morgan fingerprint density at radius 2 is 2.06 bits per heavy atom. The zero-order chi connectivity index (χ0) is 12.5. The highest BCUT2D eigenvalue weighted by molar-refractivity contribution is 6.33. The predicted molar refractivity (Wildman–Crippen MR) is 65.5 cm³/mol. The summed E-state index contributed by atoms with van der Waals surface area (Å²) in [4.78, 5) is 11.9. The van der Waals surface area contributed by atoms with E-state index in [-0.39, 0.29) is 5.78 Å².